The van der Waals surface area contributed by atoms with E-state index in [2.05, 4.69) is 24.1 Å². The van der Waals surface area contributed by atoms with Crippen LogP contribution in [0.25, 0.3) is 0 Å². The Balaban J connectivity index is 1.68. The van der Waals surface area contributed by atoms with Crippen LogP contribution in [0, 0.1) is 11.8 Å². The molecule has 0 radical (unpaired) electrons. The molecule has 0 aromatic heterocycles. The first-order chi connectivity index (χ1) is 15.9. The number of carbonyl (C=O) groups is 2. The number of ether oxygens (including phenoxy) is 2. The largest absolute Gasteiger partial charge is 0.493 e. The molecule has 0 saturated carbocycles. The third-order valence-electron chi connectivity index (χ3n) is 5.95. The maximum absolute atomic E-state index is 13.0. The molecule has 1 saturated heterocycles. The number of methoxy groups -OCH3 is 1. The number of carbonyl (C=O) groups excluding carboxylic acids is 2. The summed E-state index contributed by atoms with van der Waals surface area (Å²) in [4.78, 5) is 26.8. The number of hydrogen-bond donors (Lipinski definition) is 2. The third-order valence-corrected chi connectivity index (χ3v) is 5.95. The number of nitrogens with one attached hydrogen (secondary N) is 1. The maximum Gasteiger partial charge on any atom is 0.255 e. The molecule has 1 fully saturated rings. The summed E-state index contributed by atoms with van der Waals surface area (Å²) in [5.41, 5.74) is 7.75. The molecule has 0 spiro atoms. The van der Waals surface area contributed by atoms with Crippen LogP contribution in [0.15, 0.2) is 42.5 Å². The van der Waals surface area contributed by atoms with E-state index >= 15 is 0 Å². The van der Waals surface area contributed by atoms with Crippen LogP contribution in [-0.4, -0.2) is 43.5 Å². The van der Waals surface area contributed by atoms with Gasteiger partial charge in [-0.05, 0) is 61.6 Å². The van der Waals surface area contributed by atoms with Crippen LogP contribution in [0.2, 0.25) is 0 Å². The van der Waals surface area contributed by atoms with E-state index in [-0.39, 0.29) is 17.7 Å². The molecule has 3 N–H and O–H groups in total. The second-order valence-corrected chi connectivity index (χ2v) is 8.98. The highest BCUT2D eigenvalue weighted by Crippen LogP contribution is 2.29. The first-order valence-electron chi connectivity index (χ1n) is 11.6. The number of benzene rings is 2. The van der Waals surface area contributed by atoms with Gasteiger partial charge in [0.15, 0.2) is 11.5 Å². The Labute approximate surface area is 196 Å². The van der Waals surface area contributed by atoms with Crippen LogP contribution in [0.3, 0.4) is 0 Å². The predicted octanol–water partition coefficient (Wildman–Crippen LogP) is 4.07. The molecule has 33 heavy (non-hydrogen) atoms. The average Bonchev–Trinajstić information content (AvgIpc) is 2.80. The molecule has 1 heterocycles. The quantitative estimate of drug-likeness (QED) is 0.566. The Morgan fingerprint density at radius 1 is 1.18 bits per heavy atom. The van der Waals surface area contributed by atoms with Crippen molar-refractivity contribution in [3.8, 4) is 11.5 Å². The van der Waals surface area contributed by atoms with Crippen molar-refractivity contribution in [2.24, 2.45) is 17.6 Å². The van der Waals surface area contributed by atoms with Crippen molar-refractivity contribution in [3.63, 3.8) is 0 Å². The summed E-state index contributed by atoms with van der Waals surface area (Å²) < 4.78 is 11.3. The summed E-state index contributed by atoms with van der Waals surface area (Å²) in [6, 6.07) is 13.0. The highest BCUT2D eigenvalue weighted by Gasteiger charge is 2.24. The second kappa shape index (κ2) is 11.7. The van der Waals surface area contributed by atoms with Gasteiger partial charge in [-0.3, -0.25) is 14.5 Å². The molecule has 0 aliphatic carbocycles. The smallest absolute Gasteiger partial charge is 0.255 e. The van der Waals surface area contributed by atoms with Gasteiger partial charge >= 0.3 is 0 Å². The van der Waals surface area contributed by atoms with E-state index < -0.39 is 0 Å². The second-order valence-electron chi connectivity index (χ2n) is 8.98. The number of primary amides is 1. The predicted molar refractivity (Wildman–Crippen MR) is 130 cm³/mol. The number of likely N-dealkylation sites (tertiary alicyclic amines) is 1. The Kier molecular flexibility index (Phi) is 8.72. The van der Waals surface area contributed by atoms with Crippen molar-refractivity contribution in [1.82, 2.24) is 4.90 Å². The van der Waals surface area contributed by atoms with E-state index in [1.165, 1.54) is 0 Å². The minimum Gasteiger partial charge on any atom is -0.493 e. The summed E-state index contributed by atoms with van der Waals surface area (Å²) in [6.07, 6.45) is 2.72. The van der Waals surface area contributed by atoms with E-state index in [0.717, 1.165) is 37.1 Å². The van der Waals surface area contributed by atoms with Crippen LogP contribution >= 0.6 is 0 Å². The molecule has 7 heteroatoms. The SMILES string of the molecule is COc1cc(C(=O)Nc2ccccc2CN2CCCC(C(N)=O)C2)ccc1OCCC(C)C. The minimum absolute atomic E-state index is 0.116. The molecule has 1 atom stereocenters. The number of nitrogens with zero attached hydrogens (tertiary/aromatic N) is 1. The molecule has 2 aromatic rings. The lowest BCUT2D eigenvalue weighted by Crippen LogP contribution is -2.40. The summed E-state index contributed by atoms with van der Waals surface area (Å²) in [5, 5.41) is 3.03. The number of piperidine rings is 1. The van der Waals surface area contributed by atoms with E-state index in [0.29, 0.717) is 42.7 Å². The topological polar surface area (TPSA) is 93.9 Å². The lowest BCUT2D eigenvalue weighted by atomic mass is 9.97. The number of nitrogens with two attached hydrogens (primary N) is 1. The summed E-state index contributed by atoms with van der Waals surface area (Å²) in [6.45, 7) is 7.08. The number of para-hydroxylation sites is 1. The standard InChI is InChI=1S/C26H35N3O4/c1-18(2)12-14-33-23-11-10-19(15-24(23)32-3)26(31)28-22-9-5-4-7-20(22)16-29-13-6-8-21(17-29)25(27)30/h4-5,7,9-11,15,18,21H,6,8,12-14,16-17H2,1-3H3,(H2,27,30)(H,28,31). The maximum atomic E-state index is 13.0. The number of hydrogen-bond acceptors (Lipinski definition) is 5. The van der Waals surface area contributed by atoms with Gasteiger partial charge in [0.25, 0.3) is 5.91 Å². The molecule has 178 valence electrons. The Morgan fingerprint density at radius 3 is 2.70 bits per heavy atom. The first-order valence-corrected chi connectivity index (χ1v) is 11.6. The average molecular weight is 454 g/mol. The minimum atomic E-state index is -0.244. The van der Waals surface area contributed by atoms with Gasteiger partial charge in [-0.2, -0.15) is 0 Å². The normalized spacial score (nSPS) is 16.4. The molecular formula is C26H35N3O4. The van der Waals surface area contributed by atoms with Gasteiger partial charge in [0.05, 0.1) is 19.6 Å². The lowest BCUT2D eigenvalue weighted by molar-refractivity contribution is -0.123. The molecule has 3 rings (SSSR count). The fraction of sp³-hybridized carbons (Fsp3) is 0.462. The number of amides is 2. The molecular weight excluding hydrogens is 418 g/mol. The van der Waals surface area contributed by atoms with Gasteiger partial charge in [0, 0.05) is 24.3 Å². The number of anilines is 1. The third kappa shape index (κ3) is 6.96. The van der Waals surface area contributed by atoms with Crippen LogP contribution < -0.4 is 20.5 Å². The molecule has 1 aliphatic rings. The van der Waals surface area contributed by atoms with E-state index in [1.54, 1.807) is 25.3 Å². The fourth-order valence-corrected chi connectivity index (χ4v) is 3.98. The van der Waals surface area contributed by atoms with Crippen molar-refractivity contribution < 1.29 is 19.1 Å². The summed E-state index contributed by atoms with van der Waals surface area (Å²) >= 11 is 0. The summed E-state index contributed by atoms with van der Waals surface area (Å²) in [7, 11) is 1.57. The Morgan fingerprint density at radius 2 is 1.97 bits per heavy atom. The lowest BCUT2D eigenvalue weighted by Gasteiger charge is -2.31. The zero-order valence-corrected chi connectivity index (χ0v) is 19.8. The molecule has 1 aliphatic heterocycles. The van der Waals surface area contributed by atoms with Gasteiger partial charge < -0.3 is 20.5 Å². The van der Waals surface area contributed by atoms with Crippen molar-refractivity contribution in [1.29, 1.82) is 0 Å². The van der Waals surface area contributed by atoms with Crippen LogP contribution in [-0.2, 0) is 11.3 Å². The Bertz CT molecular complexity index is 960. The first kappa shape index (κ1) is 24.6. The van der Waals surface area contributed by atoms with Crippen LogP contribution in [0.4, 0.5) is 5.69 Å². The van der Waals surface area contributed by atoms with Crippen molar-refractivity contribution in [2.75, 3.05) is 32.1 Å². The van der Waals surface area contributed by atoms with Crippen molar-refractivity contribution in [2.45, 2.75) is 39.7 Å². The van der Waals surface area contributed by atoms with Gasteiger partial charge in [0.1, 0.15) is 0 Å². The van der Waals surface area contributed by atoms with Gasteiger partial charge in [-0.25, -0.2) is 0 Å². The van der Waals surface area contributed by atoms with Gasteiger partial charge in [-0.15, -0.1) is 0 Å². The van der Waals surface area contributed by atoms with E-state index in [9.17, 15) is 9.59 Å². The van der Waals surface area contributed by atoms with Crippen molar-refractivity contribution in [3.05, 3.63) is 53.6 Å². The Hall–Kier alpha value is -3.06. The molecule has 2 aromatic carbocycles. The summed E-state index contributed by atoms with van der Waals surface area (Å²) in [5.74, 6) is 1.13. The number of rotatable bonds is 10. The molecule has 0 bridgehead atoms. The fourth-order valence-electron chi connectivity index (χ4n) is 3.98. The van der Waals surface area contributed by atoms with Gasteiger partial charge in [0.2, 0.25) is 5.91 Å². The molecule has 2 amide bonds. The molecule has 1 unspecified atom stereocenters. The zero-order valence-electron chi connectivity index (χ0n) is 19.8. The zero-order chi connectivity index (χ0) is 23.8. The van der Waals surface area contributed by atoms with Gasteiger partial charge in [-0.1, -0.05) is 32.0 Å². The van der Waals surface area contributed by atoms with Crippen LogP contribution in [0.5, 0.6) is 11.5 Å². The monoisotopic (exact) mass is 453 g/mol. The molecule has 7 nitrogen and oxygen atoms in total. The van der Waals surface area contributed by atoms with Crippen molar-refractivity contribution >= 4 is 17.5 Å². The van der Waals surface area contributed by atoms with E-state index in [1.807, 2.05) is 24.3 Å². The van der Waals surface area contributed by atoms with E-state index in [4.69, 9.17) is 15.2 Å². The van der Waals surface area contributed by atoms with Crippen LogP contribution in [0.1, 0.15) is 49.0 Å². The highest BCUT2D eigenvalue weighted by atomic mass is 16.5. The highest BCUT2D eigenvalue weighted by molar-refractivity contribution is 6.05.